The van der Waals surface area contributed by atoms with Crippen molar-refractivity contribution in [3.05, 3.63) is 23.8 Å². The summed E-state index contributed by atoms with van der Waals surface area (Å²) in [5, 5.41) is 17.2. The number of hydrogen-bond acceptors (Lipinski definition) is 4. The zero-order chi connectivity index (χ0) is 15.8. The Morgan fingerprint density at radius 2 is 1.90 bits per heavy atom. The fourth-order valence-electron chi connectivity index (χ4n) is 1.75. The lowest BCUT2D eigenvalue weighted by molar-refractivity contribution is -0.116. The van der Waals surface area contributed by atoms with Gasteiger partial charge in [0.15, 0.2) is 0 Å². The van der Waals surface area contributed by atoms with Crippen LogP contribution in [0, 0.1) is 0 Å². The monoisotopic (exact) mass is 293 g/mol. The van der Waals surface area contributed by atoms with Crippen molar-refractivity contribution in [3.63, 3.8) is 0 Å². The molecule has 2 amide bonds. The van der Waals surface area contributed by atoms with E-state index < -0.39 is 5.97 Å². The standard InChI is InChI=1S/C14H19N3O4/c1-9(18)16-10-5-6-12(11(8-10)14(20)21)17-13(19)4-3-7-15-2/h5-6,8,15H,3-4,7H2,1-2H3,(H,16,18)(H,17,19)(H,20,21). The quantitative estimate of drug-likeness (QED) is 0.566. The zero-order valence-corrected chi connectivity index (χ0v) is 12.0. The third-order valence-corrected chi connectivity index (χ3v) is 2.68. The molecule has 0 aliphatic heterocycles. The van der Waals surface area contributed by atoms with E-state index >= 15 is 0 Å². The van der Waals surface area contributed by atoms with Crippen molar-refractivity contribution in [2.45, 2.75) is 19.8 Å². The van der Waals surface area contributed by atoms with E-state index in [1.165, 1.54) is 25.1 Å². The highest BCUT2D eigenvalue weighted by Crippen LogP contribution is 2.21. The van der Waals surface area contributed by atoms with Crippen molar-refractivity contribution in [3.8, 4) is 0 Å². The molecule has 0 radical (unpaired) electrons. The van der Waals surface area contributed by atoms with Crippen LogP contribution in [0.15, 0.2) is 18.2 Å². The second-order valence-electron chi connectivity index (χ2n) is 4.50. The minimum atomic E-state index is -1.17. The van der Waals surface area contributed by atoms with Crippen LogP contribution in [0.3, 0.4) is 0 Å². The number of carbonyl (C=O) groups excluding carboxylic acids is 2. The van der Waals surface area contributed by atoms with Crippen LogP contribution in [0.2, 0.25) is 0 Å². The van der Waals surface area contributed by atoms with Gasteiger partial charge < -0.3 is 21.1 Å². The molecule has 1 aromatic rings. The molecule has 0 saturated heterocycles. The van der Waals surface area contributed by atoms with E-state index in [1.54, 1.807) is 7.05 Å². The lowest BCUT2D eigenvalue weighted by Gasteiger charge is -2.10. The van der Waals surface area contributed by atoms with Crippen LogP contribution < -0.4 is 16.0 Å². The first-order valence-electron chi connectivity index (χ1n) is 6.53. The van der Waals surface area contributed by atoms with Crippen LogP contribution in [-0.4, -0.2) is 36.5 Å². The number of aromatic carboxylic acids is 1. The highest BCUT2D eigenvalue weighted by atomic mass is 16.4. The maximum absolute atomic E-state index is 11.7. The molecule has 0 fully saturated rings. The number of carboxylic acids is 1. The summed E-state index contributed by atoms with van der Waals surface area (Å²) in [6.07, 6.45) is 0.960. The van der Waals surface area contributed by atoms with Crippen molar-refractivity contribution in [1.82, 2.24) is 5.32 Å². The molecule has 0 heterocycles. The first-order valence-corrected chi connectivity index (χ1v) is 6.53. The third-order valence-electron chi connectivity index (χ3n) is 2.68. The minimum Gasteiger partial charge on any atom is -0.478 e. The molecule has 114 valence electrons. The van der Waals surface area contributed by atoms with Gasteiger partial charge in [0.25, 0.3) is 0 Å². The molecule has 0 aliphatic rings. The number of nitrogens with one attached hydrogen (secondary N) is 3. The average Bonchev–Trinajstić information content (AvgIpc) is 2.40. The molecule has 7 heteroatoms. The highest BCUT2D eigenvalue weighted by Gasteiger charge is 2.13. The molecule has 7 nitrogen and oxygen atoms in total. The summed E-state index contributed by atoms with van der Waals surface area (Å²) in [4.78, 5) is 33.9. The van der Waals surface area contributed by atoms with Crippen LogP contribution >= 0.6 is 0 Å². The predicted molar refractivity (Wildman–Crippen MR) is 79.5 cm³/mol. The van der Waals surface area contributed by atoms with Crippen molar-refractivity contribution in [1.29, 1.82) is 0 Å². The van der Waals surface area contributed by atoms with Gasteiger partial charge in [0, 0.05) is 19.0 Å². The molecule has 1 aromatic carbocycles. The molecule has 0 bridgehead atoms. The van der Waals surface area contributed by atoms with E-state index in [0.717, 1.165) is 0 Å². The molecule has 0 aliphatic carbocycles. The van der Waals surface area contributed by atoms with Gasteiger partial charge in [-0.2, -0.15) is 0 Å². The number of amides is 2. The Balaban J connectivity index is 2.83. The molecular weight excluding hydrogens is 274 g/mol. The van der Waals surface area contributed by atoms with E-state index in [1.807, 2.05) is 0 Å². The van der Waals surface area contributed by atoms with Gasteiger partial charge in [-0.1, -0.05) is 0 Å². The smallest absolute Gasteiger partial charge is 0.337 e. The molecule has 0 unspecified atom stereocenters. The molecule has 0 aromatic heterocycles. The van der Waals surface area contributed by atoms with Gasteiger partial charge in [-0.05, 0) is 38.2 Å². The van der Waals surface area contributed by atoms with Crippen molar-refractivity contribution < 1.29 is 19.5 Å². The number of rotatable bonds is 7. The third kappa shape index (κ3) is 5.62. The SMILES string of the molecule is CNCCCC(=O)Nc1ccc(NC(C)=O)cc1C(=O)O. The van der Waals surface area contributed by atoms with Gasteiger partial charge in [0.2, 0.25) is 11.8 Å². The predicted octanol–water partition coefficient (Wildman–Crippen LogP) is 1.28. The number of carboxylic acid groups (broad SMARTS) is 1. The molecule has 1 rings (SSSR count). The number of carbonyl (C=O) groups is 3. The first-order chi connectivity index (χ1) is 9.93. The maximum Gasteiger partial charge on any atom is 0.337 e. The average molecular weight is 293 g/mol. The van der Waals surface area contributed by atoms with Crippen LogP contribution in [0.1, 0.15) is 30.1 Å². The van der Waals surface area contributed by atoms with Gasteiger partial charge in [0.05, 0.1) is 11.3 Å². The Labute approximate surface area is 122 Å². The van der Waals surface area contributed by atoms with Crippen molar-refractivity contribution in [2.24, 2.45) is 0 Å². The Morgan fingerprint density at radius 1 is 1.19 bits per heavy atom. The van der Waals surface area contributed by atoms with E-state index in [2.05, 4.69) is 16.0 Å². The molecular formula is C14H19N3O4. The number of anilines is 2. The summed E-state index contributed by atoms with van der Waals surface area (Å²) < 4.78 is 0. The lowest BCUT2D eigenvalue weighted by Crippen LogP contribution is -2.17. The Hall–Kier alpha value is -2.41. The summed E-state index contributed by atoms with van der Waals surface area (Å²) in [6, 6.07) is 4.31. The Bertz CT molecular complexity index is 543. The van der Waals surface area contributed by atoms with Crippen LogP contribution in [0.5, 0.6) is 0 Å². The van der Waals surface area contributed by atoms with Gasteiger partial charge >= 0.3 is 5.97 Å². The summed E-state index contributed by atoms with van der Waals surface area (Å²) >= 11 is 0. The second kappa shape index (κ2) is 8.01. The van der Waals surface area contributed by atoms with Crippen LogP contribution in [0.25, 0.3) is 0 Å². The molecule has 0 saturated carbocycles. The van der Waals surface area contributed by atoms with E-state index in [0.29, 0.717) is 25.1 Å². The minimum absolute atomic E-state index is 0.0665. The molecule has 0 atom stereocenters. The summed E-state index contributed by atoms with van der Waals surface area (Å²) in [6.45, 7) is 2.04. The lowest BCUT2D eigenvalue weighted by atomic mass is 10.1. The number of hydrogen-bond donors (Lipinski definition) is 4. The summed E-state index contributed by atoms with van der Waals surface area (Å²) in [5.41, 5.74) is 0.516. The van der Waals surface area contributed by atoms with E-state index in [4.69, 9.17) is 0 Å². The molecule has 21 heavy (non-hydrogen) atoms. The van der Waals surface area contributed by atoms with Crippen LogP contribution in [-0.2, 0) is 9.59 Å². The Kier molecular flexibility index (Phi) is 6.35. The van der Waals surface area contributed by atoms with Gasteiger partial charge in [0.1, 0.15) is 0 Å². The largest absolute Gasteiger partial charge is 0.478 e. The maximum atomic E-state index is 11.7. The van der Waals surface area contributed by atoms with E-state index in [-0.39, 0.29) is 23.1 Å². The molecule has 4 N–H and O–H groups in total. The topological polar surface area (TPSA) is 108 Å². The highest BCUT2D eigenvalue weighted by molar-refractivity contribution is 6.02. The van der Waals surface area contributed by atoms with Gasteiger partial charge in [-0.25, -0.2) is 4.79 Å². The second-order valence-corrected chi connectivity index (χ2v) is 4.50. The summed E-state index contributed by atoms with van der Waals surface area (Å²) in [5.74, 6) is -1.72. The Morgan fingerprint density at radius 3 is 2.48 bits per heavy atom. The van der Waals surface area contributed by atoms with Crippen molar-refractivity contribution in [2.75, 3.05) is 24.2 Å². The fraction of sp³-hybridized carbons (Fsp3) is 0.357. The number of benzene rings is 1. The normalized spacial score (nSPS) is 10.0. The van der Waals surface area contributed by atoms with Gasteiger partial charge in [-0.15, -0.1) is 0 Å². The van der Waals surface area contributed by atoms with Crippen molar-refractivity contribution >= 4 is 29.2 Å². The zero-order valence-electron chi connectivity index (χ0n) is 12.0. The van der Waals surface area contributed by atoms with Crippen LogP contribution in [0.4, 0.5) is 11.4 Å². The van der Waals surface area contributed by atoms with E-state index in [9.17, 15) is 19.5 Å². The first kappa shape index (κ1) is 16.6. The fourth-order valence-corrected chi connectivity index (χ4v) is 1.75. The molecule has 0 spiro atoms. The summed E-state index contributed by atoms with van der Waals surface area (Å²) in [7, 11) is 1.79. The van der Waals surface area contributed by atoms with Gasteiger partial charge in [-0.3, -0.25) is 9.59 Å².